The van der Waals surface area contributed by atoms with Crippen LogP contribution < -0.4 is 5.43 Å². The van der Waals surface area contributed by atoms with Crippen LogP contribution >= 0.6 is 22.9 Å². The molecular weight excluding hydrogens is 378 g/mol. The highest BCUT2D eigenvalue weighted by atomic mass is 35.5. The second kappa shape index (κ2) is 7.94. The van der Waals surface area contributed by atoms with Gasteiger partial charge in [-0.2, -0.15) is 5.10 Å². The number of carbonyl (C=O) groups is 1. The second-order valence-electron chi connectivity index (χ2n) is 5.17. The van der Waals surface area contributed by atoms with E-state index in [9.17, 15) is 14.9 Å². The highest BCUT2D eigenvalue weighted by Gasteiger charge is 2.14. The van der Waals surface area contributed by atoms with Gasteiger partial charge in [0.15, 0.2) is 0 Å². The van der Waals surface area contributed by atoms with Crippen LogP contribution in [0.5, 0.6) is 0 Å². The van der Waals surface area contributed by atoms with Gasteiger partial charge in [-0.05, 0) is 29.6 Å². The molecule has 9 heteroatoms. The number of carbonyl (C=O) groups excluding carboxylic acids is 1. The Morgan fingerprint density at radius 2 is 2.19 bits per heavy atom. The quantitative estimate of drug-likeness (QED) is 0.387. The summed E-state index contributed by atoms with van der Waals surface area (Å²) in [4.78, 5) is 23.1. The molecule has 0 radical (unpaired) electrons. The van der Waals surface area contributed by atoms with E-state index in [1.54, 1.807) is 12.1 Å². The first kappa shape index (κ1) is 17.8. The highest BCUT2D eigenvalue weighted by molar-refractivity contribution is 7.10. The number of halogens is 1. The fourth-order valence-electron chi connectivity index (χ4n) is 2.16. The first-order valence-electron chi connectivity index (χ1n) is 7.41. The molecule has 0 fully saturated rings. The number of nitro groups is 1. The highest BCUT2D eigenvalue weighted by Crippen LogP contribution is 2.32. The molecular formula is C17H12ClN3O4S. The molecule has 0 atom stereocenters. The molecule has 2 aromatic heterocycles. The molecule has 2 heterocycles. The second-order valence-corrected chi connectivity index (χ2v) is 6.61. The van der Waals surface area contributed by atoms with Crippen molar-refractivity contribution in [3.05, 3.63) is 73.6 Å². The summed E-state index contributed by atoms with van der Waals surface area (Å²) in [5, 5.41) is 17.0. The number of nitrogens with one attached hydrogen (secondary N) is 1. The summed E-state index contributed by atoms with van der Waals surface area (Å²) in [5.41, 5.74) is 2.73. The summed E-state index contributed by atoms with van der Waals surface area (Å²) in [7, 11) is 0. The van der Waals surface area contributed by atoms with E-state index >= 15 is 0 Å². The van der Waals surface area contributed by atoms with Crippen molar-refractivity contribution in [2.45, 2.75) is 6.42 Å². The first-order chi connectivity index (χ1) is 12.5. The zero-order valence-corrected chi connectivity index (χ0v) is 14.8. The third-order valence-corrected chi connectivity index (χ3v) is 4.55. The summed E-state index contributed by atoms with van der Waals surface area (Å²) in [5.74, 6) is 0.501. The number of thiophene rings is 1. The van der Waals surface area contributed by atoms with Crippen LogP contribution in [0.3, 0.4) is 0 Å². The largest absolute Gasteiger partial charge is 0.455 e. The van der Waals surface area contributed by atoms with Gasteiger partial charge in [-0.3, -0.25) is 14.9 Å². The Morgan fingerprint density at radius 1 is 1.35 bits per heavy atom. The standard InChI is InChI=1S/C17H12ClN3O4S/c18-15-5-3-11(21(23)24)8-14(15)16-6-4-12(25-16)10-19-20-17(22)9-13-2-1-7-26-13/h1-8,10H,9H2,(H,20,22). The van der Waals surface area contributed by atoms with Crippen LogP contribution in [-0.4, -0.2) is 17.0 Å². The number of amides is 1. The molecule has 0 saturated heterocycles. The minimum Gasteiger partial charge on any atom is -0.455 e. The lowest BCUT2D eigenvalue weighted by atomic mass is 10.1. The number of hydrogen-bond donors (Lipinski definition) is 1. The molecule has 0 spiro atoms. The predicted molar refractivity (Wildman–Crippen MR) is 99.6 cm³/mol. The summed E-state index contributed by atoms with van der Waals surface area (Å²) in [6, 6.07) is 11.1. The first-order valence-corrected chi connectivity index (χ1v) is 8.67. The summed E-state index contributed by atoms with van der Waals surface area (Å²) < 4.78 is 5.57. The van der Waals surface area contributed by atoms with E-state index in [0.717, 1.165) is 4.88 Å². The maximum atomic E-state index is 11.7. The summed E-state index contributed by atoms with van der Waals surface area (Å²) >= 11 is 7.58. The van der Waals surface area contributed by atoms with Crippen molar-refractivity contribution < 1.29 is 14.1 Å². The number of hydrogen-bond acceptors (Lipinski definition) is 6. The van der Waals surface area contributed by atoms with Crippen LogP contribution in [0.15, 0.2) is 57.4 Å². The fraction of sp³-hybridized carbons (Fsp3) is 0.0588. The Bertz CT molecular complexity index is 966. The molecule has 132 valence electrons. The van der Waals surface area contributed by atoms with Gasteiger partial charge in [0.1, 0.15) is 11.5 Å². The van der Waals surface area contributed by atoms with Crippen molar-refractivity contribution in [1.29, 1.82) is 0 Å². The summed E-state index contributed by atoms with van der Waals surface area (Å²) in [6.07, 6.45) is 1.60. The van der Waals surface area contributed by atoms with E-state index in [2.05, 4.69) is 10.5 Å². The zero-order valence-electron chi connectivity index (χ0n) is 13.2. The van der Waals surface area contributed by atoms with Crippen LogP contribution in [0.4, 0.5) is 5.69 Å². The minimum absolute atomic E-state index is 0.0862. The van der Waals surface area contributed by atoms with E-state index in [1.807, 2.05) is 17.5 Å². The van der Waals surface area contributed by atoms with Crippen molar-refractivity contribution in [2.75, 3.05) is 0 Å². The van der Waals surface area contributed by atoms with Crippen molar-refractivity contribution in [2.24, 2.45) is 5.10 Å². The van der Waals surface area contributed by atoms with E-state index < -0.39 is 4.92 Å². The molecule has 0 aliphatic heterocycles. The Hall–Kier alpha value is -2.97. The van der Waals surface area contributed by atoms with Gasteiger partial charge in [-0.25, -0.2) is 5.43 Å². The lowest BCUT2D eigenvalue weighted by Crippen LogP contribution is -2.19. The van der Waals surface area contributed by atoms with E-state index in [-0.39, 0.29) is 18.0 Å². The van der Waals surface area contributed by atoms with Crippen LogP contribution in [0.1, 0.15) is 10.6 Å². The van der Waals surface area contributed by atoms with Gasteiger partial charge in [0.25, 0.3) is 5.69 Å². The number of nitrogens with zero attached hydrogens (tertiary/aromatic N) is 2. The normalized spacial score (nSPS) is 11.0. The van der Waals surface area contributed by atoms with E-state index in [4.69, 9.17) is 16.0 Å². The van der Waals surface area contributed by atoms with Gasteiger partial charge in [0.05, 0.1) is 22.6 Å². The molecule has 0 saturated carbocycles. The molecule has 7 nitrogen and oxygen atoms in total. The predicted octanol–water partition coefficient (Wildman–Crippen LogP) is 4.26. The van der Waals surface area contributed by atoms with Crippen LogP contribution in [0.25, 0.3) is 11.3 Å². The minimum atomic E-state index is -0.506. The molecule has 3 aromatic rings. The SMILES string of the molecule is O=C(Cc1cccs1)NN=Cc1ccc(-c2cc([N+](=O)[O-])ccc2Cl)o1. The third-order valence-electron chi connectivity index (χ3n) is 3.35. The van der Waals surface area contributed by atoms with E-state index in [0.29, 0.717) is 22.1 Å². The molecule has 0 unspecified atom stereocenters. The number of rotatable bonds is 6. The molecule has 3 rings (SSSR count). The van der Waals surface area contributed by atoms with Crippen molar-refractivity contribution in [3.63, 3.8) is 0 Å². The van der Waals surface area contributed by atoms with Gasteiger partial charge in [-0.15, -0.1) is 11.3 Å². The summed E-state index contributed by atoms with van der Waals surface area (Å²) in [6.45, 7) is 0. The van der Waals surface area contributed by atoms with Gasteiger partial charge in [0, 0.05) is 22.6 Å². The molecule has 1 aromatic carbocycles. The Balaban J connectivity index is 1.67. The lowest BCUT2D eigenvalue weighted by Gasteiger charge is -2.00. The van der Waals surface area contributed by atoms with Crippen molar-refractivity contribution >= 4 is 40.7 Å². The molecule has 0 aliphatic rings. The number of benzene rings is 1. The third kappa shape index (κ3) is 4.35. The average molecular weight is 390 g/mol. The van der Waals surface area contributed by atoms with Crippen molar-refractivity contribution in [1.82, 2.24) is 5.43 Å². The molecule has 0 aliphatic carbocycles. The topological polar surface area (TPSA) is 97.7 Å². The van der Waals surface area contributed by atoms with Crippen molar-refractivity contribution in [3.8, 4) is 11.3 Å². The molecule has 1 amide bonds. The van der Waals surface area contributed by atoms with Crippen LogP contribution in [0, 0.1) is 10.1 Å². The van der Waals surface area contributed by atoms with Crippen LogP contribution in [0.2, 0.25) is 5.02 Å². The zero-order chi connectivity index (χ0) is 18.5. The number of furan rings is 1. The number of nitro benzene ring substituents is 1. The van der Waals surface area contributed by atoms with Crippen LogP contribution in [-0.2, 0) is 11.2 Å². The monoisotopic (exact) mass is 389 g/mol. The van der Waals surface area contributed by atoms with Gasteiger partial charge >= 0.3 is 0 Å². The smallest absolute Gasteiger partial charge is 0.270 e. The fourth-order valence-corrected chi connectivity index (χ4v) is 3.08. The number of non-ortho nitro benzene ring substituents is 1. The molecule has 1 N–H and O–H groups in total. The average Bonchev–Trinajstić information content (AvgIpc) is 3.27. The van der Waals surface area contributed by atoms with E-state index in [1.165, 1.54) is 35.8 Å². The van der Waals surface area contributed by atoms with Gasteiger partial charge in [0.2, 0.25) is 5.91 Å². The Kier molecular flexibility index (Phi) is 5.45. The maximum Gasteiger partial charge on any atom is 0.270 e. The lowest BCUT2D eigenvalue weighted by molar-refractivity contribution is -0.384. The molecule has 0 bridgehead atoms. The van der Waals surface area contributed by atoms with Gasteiger partial charge in [-0.1, -0.05) is 17.7 Å². The van der Waals surface area contributed by atoms with Gasteiger partial charge < -0.3 is 4.42 Å². The Labute approximate surface area is 157 Å². The number of hydrazone groups is 1. The molecule has 26 heavy (non-hydrogen) atoms. The maximum absolute atomic E-state index is 11.7. The Morgan fingerprint density at radius 3 is 2.92 bits per heavy atom.